The molecule has 1 aromatic carbocycles. The highest BCUT2D eigenvalue weighted by molar-refractivity contribution is 7.98. The van der Waals surface area contributed by atoms with Gasteiger partial charge in [0.2, 0.25) is 0 Å². The number of benzene rings is 1. The number of rotatable bonds is 8. The predicted octanol–water partition coefficient (Wildman–Crippen LogP) is 4.79. The second-order valence-corrected chi connectivity index (χ2v) is 9.33. The molecule has 0 radical (unpaired) electrons. The Morgan fingerprint density at radius 1 is 1.26 bits per heavy atom. The van der Waals surface area contributed by atoms with Crippen LogP contribution in [0.4, 0.5) is 5.00 Å². The molecule has 0 aliphatic carbocycles. The van der Waals surface area contributed by atoms with E-state index in [2.05, 4.69) is 4.98 Å². The molecule has 31 heavy (non-hydrogen) atoms. The van der Waals surface area contributed by atoms with Gasteiger partial charge in [0.25, 0.3) is 0 Å². The van der Waals surface area contributed by atoms with Gasteiger partial charge in [0.05, 0.1) is 28.4 Å². The number of hydrogen-bond donors (Lipinski definition) is 1. The molecular weight excluding hydrogens is 454 g/mol. The van der Waals surface area contributed by atoms with Crippen molar-refractivity contribution in [1.29, 1.82) is 5.26 Å². The Balaban J connectivity index is 1.76. The van der Waals surface area contributed by atoms with E-state index < -0.39 is 11.9 Å². The van der Waals surface area contributed by atoms with E-state index in [9.17, 15) is 14.9 Å². The summed E-state index contributed by atoms with van der Waals surface area (Å²) in [7, 11) is 0. The van der Waals surface area contributed by atoms with Crippen molar-refractivity contribution < 1.29 is 19.1 Å². The Kier molecular flexibility index (Phi) is 7.68. The number of nitrogens with zero attached hydrogens (tertiary/aromatic N) is 2. The molecule has 0 bridgehead atoms. The summed E-state index contributed by atoms with van der Waals surface area (Å²) in [5.41, 5.74) is 7.60. The van der Waals surface area contributed by atoms with Crippen LogP contribution in [0.2, 0.25) is 0 Å². The fraction of sp³-hybridized carbons (Fsp3) is 0.238. The second kappa shape index (κ2) is 10.4. The van der Waals surface area contributed by atoms with Crippen LogP contribution in [0, 0.1) is 18.3 Å². The maximum atomic E-state index is 12.8. The van der Waals surface area contributed by atoms with Crippen molar-refractivity contribution in [2.24, 2.45) is 0 Å². The number of carbonyl (C=O) groups excluding carboxylic acids is 2. The van der Waals surface area contributed by atoms with Gasteiger partial charge in [-0.05, 0) is 26.0 Å². The van der Waals surface area contributed by atoms with E-state index in [1.165, 1.54) is 11.8 Å². The van der Waals surface area contributed by atoms with Gasteiger partial charge < -0.3 is 15.2 Å². The Bertz CT molecular complexity index is 1150. The van der Waals surface area contributed by atoms with Crippen LogP contribution in [0.3, 0.4) is 0 Å². The average molecular weight is 474 g/mol. The van der Waals surface area contributed by atoms with Gasteiger partial charge in [0.1, 0.15) is 22.6 Å². The molecule has 0 aliphatic heterocycles. The molecule has 2 heterocycles. The Hall–Kier alpha value is -2.87. The highest BCUT2D eigenvalue weighted by Gasteiger charge is 2.24. The summed E-state index contributed by atoms with van der Waals surface area (Å²) >= 11 is 4.02. The number of aromatic nitrogens is 1. The van der Waals surface area contributed by atoms with E-state index in [1.807, 2.05) is 30.5 Å². The van der Waals surface area contributed by atoms with Crippen molar-refractivity contribution in [2.75, 3.05) is 12.3 Å². The first-order valence-electron chi connectivity index (χ1n) is 9.22. The van der Waals surface area contributed by atoms with Crippen LogP contribution in [-0.2, 0) is 21.8 Å². The fourth-order valence-electron chi connectivity index (χ4n) is 2.71. The predicted molar refractivity (Wildman–Crippen MR) is 121 cm³/mol. The number of esters is 2. The number of anilines is 1. The minimum Gasteiger partial charge on any atom is -0.462 e. The lowest BCUT2D eigenvalue weighted by atomic mass is 10.1. The van der Waals surface area contributed by atoms with Gasteiger partial charge in [0.15, 0.2) is 0 Å². The van der Waals surface area contributed by atoms with Crippen LogP contribution in [0.15, 0.2) is 34.5 Å². The quantitative estimate of drug-likeness (QED) is 0.367. The molecule has 0 aliphatic rings. The molecule has 0 atom stereocenters. The van der Waals surface area contributed by atoms with Gasteiger partial charge in [-0.3, -0.25) is 0 Å². The number of ether oxygens (including phenoxy) is 2. The first kappa shape index (κ1) is 22.8. The van der Waals surface area contributed by atoms with E-state index in [-0.39, 0.29) is 34.2 Å². The molecule has 0 fully saturated rings. The minimum atomic E-state index is -0.596. The third-order valence-corrected chi connectivity index (χ3v) is 7.07. The van der Waals surface area contributed by atoms with E-state index in [0.717, 1.165) is 26.9 Å². The van der Waals surface area contributed by atoms with Crippen molar-refractivity contribution in [3.63, 3.8) is 0 Å². The van der Waals surface area contributed by atoms with Crippen molar-refractivity contribution >= 4 is 51.4 Å². The minimum absolute atomic E-state index is 0.127. The summed E-state index contributed by atoms with van der Waals surface area (Å²) in [6.45, 7) is 3.55. The van der Waals surface area contributed by atoms with Crippen molar-refractivity contribution in [3.05, 3.63) is 61.9 Å². The standard InChI is InChI=1S/C21H19N3O4S3/c1-3-27-21(26)18-16(15(8-22)19(23)31-18)9-28-20(25)14-6-4-5-7-17(14)30-11-13-10-29-12(2)24-13/h4-7,10H,3,9,11,23H2,1-2H3. The fourth-order valence-corrected chi connectivity index (χ4v) is 5.28. The molecule has 0 saturated carbocycles. The van der Waals surface area contributed by atoms with E-state index in [4.69, 9.17) is 15.2 Å². The van der Waals surface area contributed by atoms with Crippen LogP contribution in [-0.4, -0.2) is 23.5 Å². The van der Waals surface area contributed by atoms with Gasteiger partial charge in [-0.25, -0.2) is 14.6 Å². The maximum absolute atomic E-state index is 12.8. The number of hydrogen-bond acceptors (Lipinski definition) is 10. The van der Waals surface area contributed by atoms with Crippen molar-refractivity contribution in [1.82, 2.24) is 4.98 Å². The molecule has 2 aromatic heterocycles. The number of nitriles is 1. The molecule has 0 unspecified atom stereocenters. The molecule has 0 spiro atoms. The van der Waals surface area contributed by atoms with Gasteiger partial charge in [-0.15, -0.1) is 34.4 Å². The number of thiophene rings is 1. The molecule has 0 amide bonds. The average Bonchev–Trinajstić information content (AvgIpc) is 3.32. The first-order chi connectivity index (χ1) is 14.9. The van der Waals surface area contributed by atoms with Crippen LogP contribution >= 0.6 is 34.4 Å². The molecular formula is C21H19N3O4S3. The topological polar surface area (TPSA) is 115 Å². The van der Waals surface area contributed by atoms with Crippen LogP contribution in [0.5, 0.6) is 0 Å². The largest absolute Gasteiger partial charge is 0.462 e. The number of thiazole rings is 1. The zero-order valence-corrected chi connectivity index (χ0v) is 19.3. The second-order valence-electron chi connectivity index (χ2n) is 6.20. The highest BCUT2D eigenvalue weighted by atomic mass is 32.2. The maximum Gasteiger partial charge on any atom is 0.348 e. The third-order valence-electron chi connectivity index (χ3n) is 4.10. The number of carbonyl (C=O) groups is 2. The summed E-state index contributed by atoms with van der Waals surface area (Å²) < 4.78 is 10.5. The summed E-state index contributed by atoms with van der Waals surface area (Å²) in [6.07, 6.45) is 0. The Morgan fingerprint density at radius 2 is 2.03 bits per heavy atom. The Morgan fingerprint density at radius 3 is 2.71 bits per heavy atom. The zero-order valence-electron chi connectivity index (χ0n) is 16.8. The number of thioether (sulfide) groups is 1. The van der Waals surface area contributed by atoms with Crippen molar-refractivity contribution in [3.8, 4) is 6.07 Å². The van der Waals surface area contributed by atoms with E-state index in [1.54, 1.807) is 30.4 Å². The summed E-state index contributed by atoms with van der Waals surface area (Å²) in [4.78, 5) is 30.4. The molecule has 10 heteroatoms. The van der Waals surface area contributed by atoms with Gasteiger partial charge in [-0.1, -0.05) is 12.1 Å². The third kappa shape index (κ3) is 5.44. The lowest BCUT2D eigenvalue weighted by Crippen LogP contribution is -2.10. The van der Waals surface area contributed by atoms with Gasteiger partial charge in [-0.2, -0.15) is 5.26 Å². The monoisotopic (exact) mass is 473 g/mol. The molecule has 160 valence electrons. The molecule has 0 saturated heterocycles. The number of aryl methyl sites for hydroxylation is 1. The lowest BCUT2D eigenvalue weighted by Gasteiger charge is -2.10. The van der Waals surface area contributed by atoms with Crippen LogP contribution in [0.1, 0.15) is 48.8 Å². The normalized spacial score (nSPS) is 10.5. The van der Waals surface area contributed by atoms with Crippen molar-refractivity contribution in [2.45, 2.75) is 31.1 Å². The summed E-state index contributed by atoms with van der Waals surface area (Å²) in [6, 6.07) is 9.09. The van der Waals surface area contributed by atoms with E-state index in [0.29, 0.717) is 11.3 Å². The smallest absolute Gasteiger partial charge is 0.348 e. The molecule has 3 aromatic rings. The Labute approximate surface area is 191 Å². The van der Waals surface area contributed by atoms with Crippen LogP contribution < -0.4 is 5.73 Å². The number of nitrogen functional groups attached to an aromatic ring is 1. The lowest BCUT2D eigenvalue weighted by molar-refractivity contribution is 0.0449. The zero-order chi connectivity index (χ0) is 22.4. The molecule has 7 nitrogen and oxygen atoms in total. The van der Waals surface area contributed by atoms with Crippen LogP contribution in [0.25, 0.3) is 0 Å². The highest BCUT2D eigenvalue weighted by Crippen LogP contribution is 2.33. The van der Waals surface area contributed by atoms with E-state index >= 15 is 0 Å². The first-order valence-corrected chi connectivity index (χ1v) is 11.9. The summed E-state index contributed by atoms with van der Waals surface area (Å²) in [5.74, 6) is -0.524. The van der Waals surface area contributed by atoms with Gasteiger partial charge >= 0.3 is 11.9 Å². The van der Waals surface area contributed by atoms with Gasteiger partial charge in [0, 0.05) is 21.6 Å². The summed E-state index contributed by atoms with van der Waals surface area (Å²) in [5, 5.41) is 12.6. The SMILES string of the molecule is CCOC(=O)c1sc(N)c(C#N)c1COC(=O)c1ccccc1SCc1csc(C)n1. The molecule has 2 N–H and O–H groups in total. The molecule has 3 rings (SSSR count). The number of nitrogens with two attached hydrogens (primary N) is 1.